The van der Waals surface area contributed by atoms with Gasteiger partial charge in [-0.15, -0.1) is 0 Å². The molecule has 0 bridgehead atoms. The maximum Gasteiger partial charge on any atom is 0.136 e. The molecule has 0 aliphatic carbocycles. The second kappa shape index (κ2) is 3.60. The number of fused-ring (bicyclic) bond motifs is 3. The number of aliphatic imine (C=N–C) groups is 1. The van der Waals surface area contributed by atoms with Crippen LogP contribution in [0.4, 0.5) is 0 Å². The van der Waals surface area contributed by atoms with Gasteiger partial charge >= 0.3 is 0 Å². The summed E-state index contributed by atoms with van der Waals surface area (Å²) in [5, 5.41) is 5.63. The van der Waals surface area contributed by atoms with E-state index in [1.807, 2.05) is 30.3 Å². The average molecular weight is 236 g/mol. The fourth-order valence-corrected chi connectivity index (χ4v) is 2.55. The van der Waals surface area contributed by atoms with Crippen LogP contribution in [-0.2, 0) is 0 Å². The molecule has 1 aromatic heterocycles. The van der Waals surface area contributed by atoms with Crippen LogP contribution in [0.15, 0.2) is 51.9 Å². The fourth-order valence-electron chi connectivity index (χ4n) is 2.55. The Labute approximate surface area is 104 Å². The quantitative estimate of drug-likeness (QED) is 0.705. The Kier molecular flexibility index (Phi) is 1.94. The smallest absolute Gasteiger partial charge is 0.136 e. The van der Waals surface area contributed by atoms with Gasteiger partial charge in [0.25, 0.3) is 0 Å². The largest absolute Gasteiger partial charge is 0.456 e. The van der Waals surface area contributed by atoms with Crippen LogP contribution < -0.4 is 5.32 Å². The SMILES string of the molecule is c1ccc2c(c1)oc1cccc(C3=NCCN3)c12. The van der Waals surface area contributed by atoms with Gasteiger partial charge in [0.1, 0.15) is 17.0 Å². The summed E-state index contributed by atoms with van der Waals surface area (Å²) in [6.07, 6.45) is 0. The van der Waals surface area contributed by atoms with Crippen LogP contribution in [0, 0.1) is 0 Å². The molecular weight excluding hydrogens is 224 g/mol. The molecule has 2 aromatic carbocycles. The van der Waals surface area contributed by atoms with Crippen molar-refractivity contribution in [2.45, 2.75) is 0 Å². The van der Waals surface area contributed by atoms with E-state index in [9.17, 15) is 0 Å². The van der Waals surface area contributed by atoms with Crippen LogP contribution in [0.1, 0.15) is 5.56 Å². The standard InChI is InChI=1S/C15H12N2O/c1-2-6-12-10(4-1)14-11(15-16-8-9-17-15)5-3-7-13(14)18-12/h1-7H,8-9H2,(H,16,17). The number of amidine groups is 1. The van der Waals surface area contributed by atoms with Crippen LogP contribution in [0.3, 0.4) is 0 Å². The van der Waals surface area contributed by atoms with Crippen molar-refractivity contribution in [2.24, 2.45) is 4.99 Å². The van der Waals surface area contributed by atoms with Crippen molar-refractivity contribution >= 4 is 27.8 Å². The third kappa shape index (κ3) is 1.27. The predicted molar refractivity (Wildman–Crippen MR) is 73.1 cm³/mol. The lowest BCUT2D eigenvalue weighted by molar-refractivity contribution is 0.669. The highest BCUT2D eigenvalue weighted by atomic mass is 16.3. The maximum atomic E-state index is 5.87. The maximum absolute atomic E-state index is 5.87. The number of nitrogens with one attached hydrogen (secondary N) is 1. The fraction of sp³-hybridized carbons (Fsp3) is 0.133. The minimum absolute atomic E-state index is 0.849. The second-order valence-corrected chi connectivity index (χ2v) is 4.43. The molecule has 3 heteroatoms. The van der Waals surface area contributed by atoms with E-state index >= 15 is 0 Å². The van der Waals surface area contributed by atoms with Gasteiger partial charge in [-0.25, -0.2) is 0 Å². The third-order valence-corrected chi connectivity index (χ3v) is 3.33. The molecule has 18 heavy (non-hydrogen) atoms. The first kappa shape index (κ1) is 9.71. The van der Waals surface area contributed by atoms with Gasteiger partial charge in [-0.2, -0.15) is 0 Å². The normalized spacial score (nSPS) is 15.0. The Morgan fingerprint density at radius 1 is 1.00 bits per heavy atom. The Balaban J connectivity index is 2.13. The van der Waals surface area contributed by atoms with Gasteiger partial charge in [-0.1, -0.05) is 30.3 Å². The lowest BCUT2D eigenvalue weighted by atomic mass is 10.1. The molecule has 0 atom stereocenters. The molecular formula is C15H12N2O. The number of hydrogen-bond donors (Lipinski definition) is 1. The lowest BCUT2D eigenvalue weighted by Crippen LogP contribution is -2.19. The van der Waals surface area contributed by atoms with Crippen LogP contribution in [0.2, 0.25) is 0 Å². The zero-order valence-corrected chi connectivity index (χ0v) is 9.81. The van der Waals surface area contributed by atoms with Gasteiger partial charge < -0.3 is 9.73 Å². The first-order chi connectivity index (χ1) is 8.93. The predicted octanol–water partition coefficient (Wildman–Crippen LogP) is 2.94. The molecule has 0 radical (unpaired) electrons. The van der Waals surface area contributed by atoms with E-state index in [0.29, 0.717) is 0 Å². The zero-order valence-electron chi connectivity index (χ0n) is 9.81. The third-order valence-electron chi connectivity index (χ3n) is 3.33. The van der Waals surface area contributed by atoms with Crippen molar-refractivity contribution in [1.29, 1.82) is 0 Å². The molecule has 3 nitrogen and oxygen atoms in total. The van der Waals surface area contributed by atoms with Crippen molar-refractivity contribution < 1.29 is 4.42 Å². The highest BCUT2D eigenvalue weighted by Gasteiger charge is 2.15. The highest BCUT2D eigenvalue weighted by molar-refractivity contribution is 6.18. The molecule has 88 valence electrons. The molecule has 1 N–H and O–H groups in total. The minimum atomic E-state index is 0.849. The van der Waals surface area contributed by atoms with E-state index in [1.165, 1.54) is 0 Å². The van der Waals surface area contributed by atoms with Gasteiger partial charge in [0, 0.05) is 22.9 Å². The van der Waals surface area contributed by atoms with Gasteiger partial charge in [0.05, 0.1) is 6.54 Å². The molecule has 1 aliphatic rings. The van der Waals surface area contributed by atoms with E-state index in [0.717, 1.165) is 46.4 Å². The molecule has 0 saturated carbocycles. The molecule has 0 fully saturated rings. The van der Waals surface area contributed by atoms with Crippen molar-refractivity contribution in [3.05, 3.63) is 48.0 Å². The summed E-state index contributed by atoms with van der Waals surface area (Å²) < 4.78 is 5.87. The summed E-state index contributed by atoms with van der Waals surface area (Å²) in [6, 6.07) is 14.3. The van der Waals surface area contributed by atoms with Crippen LogP contribution in [0.25, 0.3) is 21.9 Å². The average Bonchev–Trinajstić information content (AvgIpc) is 3.05. The first-order valence-electron chi connectivity index (χ1n) is 6.12. The molecule has 3 aromatic rings. The van der Waals surface area contributed by atoms with Gasteiger partial charge in [0.2, 0.25) is 0 Å². The van der Waals surface area contributed by atoms with E-state index in [1.54, 1.807) is 0 Å². The number of hydrogen-bond acceptors (Lipinski definition) is 3. The summed E-state index contributed by atoms with van der Waals surface area (Å²) in [5.41, 5.74) is 2.98. The van der Waals surface area contributed by atoms with Crippen molar-refractivity contribution in [1.82, 2.24) is 5.32 Å². The topological polar surface area (TPSA) is 37.5 Å². The van der Waals surface area contributed by atoms with E-state index < -0.39 is 0 Å². The molecule has 1 aliphatic heterocycles. The van der Waals surface area contributed by atoms with E-state index in [4.69, 9.17) is 4.42 Å². The second-order valence-electron chi connectivity index (χ2n) is 4.43. The summed E-state index contributed by atoms with van der Waals surface area (Å²) in [7, 11) is 0. The molecule has 0 amide bonds. The summed E-state index contributed by atoms with van der Waals surface area (Å²) in [5.74, 6) is 0.979. The van der Waals surface area contributed by atoms with E-state index in [-0.39, 0.29) is 0 Å². The minimum Gasteiger partial charge on any atom is -0.456 e. The van der Waals surface area contributed by atoms with Crippen LogP contribution in [0.5, 0.6) is 0 Å². The summed E-state index contributed by atoms with van der Waals surface area (Å²) in [4.78, 5) is 4.51. The number of furan rings is 1. The van der Waals surface area contributed by atoms with Crippen molar-refractivity contribution in [2.75, 3.05) is 13.1 Å². The Hall–Kier alpha value is -2.29. The van der Waals surface area contributed by atoms with E-state index in [2.05, 4.69) is 22.4 Å². The molecule has 0 spiro atoms. The highest BCUT2D eigenvalue weighted by Crippen LogP contribution is 2.31. The van der Waals surface area contributed by atoms with Gasteiger partial charge in [-0.05, 0) is 12.1 Å². The Morgan fingerprint density at radius 2 is 1.89 bits per heavy atom. The summed E-state index contributed by atoms with van der Waals surface area (Å²) in [6.45, 7) is 1.77. The molecule has 2 heterocycles. The first-order valence-corrected chi connectivity index (χ1v) is 6.12. The van der Waals surface area contributed by atoms with Crippen molar-refractivity contribution in [3.8, 4) is 0 Å². The summed E-state index contributed by atoms with van der Waals surface area (Å²) >= 11 is 0. The van der Waals surface area contributed by atoms with Crippen LogP contribution >= 0.6 is 0 Å². The Morgan fingerprint density at radius 3 is 2.78 bits per heavy atom. The number of benzene rings is 2. The van der Waals surface area contributed by atoms with Gasteiger partial charge in [-0.3, -0.25) is 4.99 Å². The molecule has 4 rings (SSSR count). The zero-order chi connectivity index (χ0) is 11.9. The lowest BCUT2D eigenvalue weighted by Gasteiger charge is -2.03. The molecule has 0 saturated heterocycles. The van der Waals surface area contributed by atoms with Crippen LogP contribution in [-0.4, -0.2) is 18.9 Å². The Bertz CT molecular complexity index is 770. The van der Waals surface area contributed by atoms with Crippen molar-refractivity contribution in [3.63, 3.8) is 0 Å². The number of nitrogens with zero attached hydrogens (tertiary/aromatic N) is 1. The number of rotatable bonds is 1. The number of para-hydroxylation sites is 1. The van der Waals surface area contributed by atoms with Gasteiger partial charge in [0.15, 0.2) is 0 Å². The molecule has 0 unspecified atom stereocenters. The monoisotopic (exact) mass is 236 g/mol.